The van der Waals surface area contributed by atoms with E-state index in [-0.39, 0.29) is 35.4 Å². The number of halogens is 2. The number of amides is 4. The van der Waals surface area contributed by atoms with Crippen LogP contribution in [0.4, 0.5) is 19.7 Å². The van der Waals surface area contributed by atoms with Crippen LogP contribution in [0.15, 0.2) is 42.5 Å². The number of alkyl halides is 2. The Labute approximate surface area is 338 Å². The zero-order valence-corrected chi connectivity index (χ0v) is 36.1. The average molecular weight is 927 g/mol. The molecular formula is C40H54FIN5O9S-. The van der Waals surface area contributed by atoms with Crippen molar-refractivity contribution in [2.45, 2.75) is 107 Å². The summed E-state index contributed by atoms with van der Waals surface area (Å²) in [6, 6.07) is 10.3. The van der Waals surface area contributed by atoms with Gasteiger partial charge in [-0.1, -0.05) is 6.92 Å². The predicted octanol–water partition coefficient (Wildman–Crippen LogP) is 1.51. The molecule has 0 aromatic heterocycles. The van der Waals surface area contributed by atoms with Gasteiger partial charge in [0.2, 0.25) is 0 Å². The Balaban J connectivity index is 1.10. The van der Waals surface area contributed by atoms with E-state index in [0.29, 0.717) is 66.9 Å². The molecule has 0 spiro atoms. The second kappa shape index (κ2) is 15.9. The molecule has 2 unspecified atom stereocenters. The molecule has 0 radical (unpaired) electrons. The second-order valence-electron chi connectivity index (χ2n) is 17.4. The van der Waals surface area contributed by atoms with Crippen molar-refractivity contribution in [2.24, 2.45) is 10.8 Å². The fraction of sp³-hybridized carbons (Fsp3) is 0.600. The van der Waals surface area contributed by atoms with Gasteiger partial charge in [0.15, 0.2) is 0 Å². The number of carbonyl (C=O) groups is 4. The third-order valence-corrected chi connectivity index (χ3v) is 22.7. The predicted molar refractivity (Wildman–Crippen MR) is 205 cm³/mol. The molecule has 4 fully saturated rings. The molecule has 0 bridgehead atoms. The topological polar surface area (TPSA) is 173 Å². The van der Waals surface area contributed by atoms with Crippen LogP contribution in [0.5, 0.6) is 0 Å². The number of rotatable bonds is 14. The Morgan fingerprint density at radius 2 is 1.82 bits per heavy atom. The SMILES string of the molecule is CC[C@@H]1C[I-]1(NC(=O)[C@@H]1CC(OC(=O)N2Cc3cccc(F)c3C2)CN1C(=O)[C@@H](Nc1cccc(COCC2(C)COC2)c1)C(C)(C)C)C(=O)NS(=O)(=O)C1CC1. The summed E-state index contributed by atoms with van der Waals surface area (Å²) in [4.78, 5) is 59.2. The van der Waals surface area contributed by atoms with Gasteiger partial charge in [-0.3, -0.25) is 0 Å². The molecule has 3 saturated heterocycles. The van der Waals surface area contributed by atoms with Crippen LogP contribution >= 0.6 is 0 Å². The number of hydrogen-bond acceptors (Lipinski definition) is 10. The van der Waals surface area contributed by atoms with Gasteiger partial charge in [0.05, 0.1) is 19.8 Å². The van der Waals surface area contributed by atoms with Crippen molar-refractivity contribution in [3.63, 3.8) is 0 Å². The number of fused-ring (bicyclic) bond motifs is 1. The van der Waals surface area contributed by atoms with Crippen LogP contribution in [-0.4, -0.2) is 98.2 Å². The maximum atomic E-state index is 14.8. The van der Waals surface area contributed by atoms with Gasteiger partial charge in [-0.25, -0.2) is 0 Å². The first-order valence-corrected chi connectivity index (χ1v) is 26.0. The summed E-state index contributed by atoms with van der Waals surface area (Å²) in [5, 5.41) is 2.80. The summed E-state index contributed by atoms with van der Waals surface area (Å²) in [6.07, 6.45) is -0.0592. The molecule has 57 heavy (non-hydrogen) atoms. The van der Waals surface area contributed by atoms with Crippen molar-refractivity contribution in [1.82, 2.24) is 18.1 Å². The Morgan fingerprint density at radius 1 is 1.09 bits per heavy atom. The van der Waals surface area contributed by atoms with Crippen molar-refractivity contribution in [3.8, 4) is 0 Å². The van der Waals surface area contributed by atoms with E-state index >= 15 is 0 Å². The molecular weight excluding hydrogens is 872 g/mol. The fourth-order valence-electron chi connectivity index (χ4n) is 7.63. The molecule has 7 rings (SSSR count). The van der Waals surface area contributed by atoms with Gasteiger partial charge in [-0.2, -0.15) is 0 Å². The molecule has 14 nitrogen and oxygen atoms in total. The van der Waals surface area contributed by atoms with Gasteiger partial charge < -0.3 is 4.74 Å². The van der Waals surface area contributed by atoms with Crippen LogP contribution in [0.1, 0.15) is 77.0 Å². The first-order valence-electron chi connectivity index (χ1n) is 19.5. The molecule has 5 aliphatic rings. The molecule has 1 saturated carbocycles. The molecule has 5 atom stereocenters. The Hall–Kier alpha value is -3.55. The molecule has 1 aliphatic carbocycles. The normalized spacial score (nSPS) is 26.7. The van der Waals surface area contributed by atoms with Crippen LogP contribution in [0, 0.1) is 16.6 Å². The van der Waals surface area contributed by atoms with Crippen molar-refractivity contribution in [2.75, 3.05) is 36.1 Å². The summed E-state index contributed by atoms with van der Waals surface area (Å²) in [5.74, 6) is -1.38. The molecule has 3 N–H and O–H groups in total. The quantitative estimate of drug-likeness (QED) is 0.0830. The molecule has 17 heteroatoms. The van der Waals surface area contributed by atoms with E-state index < -0.39 is 85.2 Å². The van der Waals surface area contributed by atoms with Crippen LogP contribution in [0.3, 0.4) is 0 Å². The number of anilines is 1. The van der Waals surface area contributed by atoms with Gasteiger partial charge in [0.1, 0.15) is 0 Å². The van der Waals surface area contributed by atoms with E-state index in [0.717, 1.165) is 5.56 Å². The number of sulfonamides is 1. The summed E-state index contributed by atoms with van der Waals surface area (Å²) >= 11 is -3.88. The number of carbonyl (C=O) groups excluding carboxylic acids is 4. The molecule has 4 amide bonds. The van der Waals surface area contributed by atoms with Crippen LogP contribution in [-0.2, 0) is 53.5 Å². The number of hydrogen-bond donors (Lipinski definition) is 3. The third kappa shape index (κ3) is 9.05. The van der Waals surface area contributed by atoms with Gasteiger partial charge in [-0.15, -0.1) is 0 Å². The molecule has 2 aromatic carbocycles. The van der Waals surface area contributed by atoms with E-state index in [9.17, 15) is 32.0 Å². The first-order chi connectivity index (χ1) is 26.9. The number of likely N-dealkylation sites (tertiary alicyclic amines) is 1. The monoisotopic (exact) mass is 926 g/mol. The van der Waals surface area contributed by atoms with Gasteiger partial charge in [0.25, 0.3) is 0 Å². The fourth-order valence-corrected chi connectivity index (χ4v) is 20.1. The van der Waals surface area contributed by atoms with Crippen molar-refractivity contribution in [1.29, 1.82) is 0 Å². The van der Waals surface area contributed by atoms with Crippen LogP contribution < -0.4 is 32.3 Å². The average Bonchev–Trinajstić information content (AvgIpc) is 4.03. The standard InChI is InChI=1S/C40H54FIN5O9S/c1-6-27-17-42(27,37(50)45-57(52,53)30-13-14-30)44-35(48)33-16-29(56-38(51)46-18-26-10-8-12-32(41)31(26)20-46)19-47(33)36(49)34(39(2,3)4)43-28-11-7-9-25(15-28)21-54-22-40(5)23-55-24-40/h7-12,15,27,29-30,33-34,43H,6,13-14,16-24H2,1-5H3,(H,44,48)(H,45,50)/q-1/t27-,29?,33+,34-/m1/s1. The molecule has 4 aliphatic heterocycles. The number of nitrogens with zero attached hydrogens (tertiary/aromatic N) is 2. The van der Waals surface area contributed by atoms with E-state index in [1.165, 1.54) is 15.9 Å². The van der Waals surface area contributed by atoms with Crippen molar-refractivity contribution < 1.29 is 64.9 Å². The van der Waals surface area contributed by atoms with Gasteiger partial charge in [0, 0.05) is 5.41 Å². The van der Waals surface area contributed by atoms with Crippen molar-refractivity contribution >= 4 is 37.5 Å². The first kappa shape index (κ1) is 41.6. The van der Waals surface area contributed by atoms with Crippen LogP contribution in [0.2, 0.25) is 0 Å². The Bertz CT molecular complexity index is 2020. The van der Waals surface area contributed by atoms with E-state index in [1.807, 2.05) is 52.0 Å². The molecule has 2 aromatic rings. The molecule has 314 valence electrons. The summed E-state index contributed by atoms with van der Waals surface area (Å²) < 4.78 is 62.4. The Morgan fingerprint density at radius 3 is 2.46 bits per heavy atom. The number of nitrogens with one attached hydrogen (secondary N) is 3. The number of ether oxygens (including phenoxy) is 3. The minimum atomic E-state index is -3.88. The maximum absolute atomic E-state index is 14.8. The van der Waals surface area contributed by atoms with Crippen LogP contribution in [0.25, 0.3) is 0 Å². The number of benzene rings is 2. The second-order valence-corrected chi connectivity index (χ2v) is 27.7. The zero-order valence-electron chi connectivity index (χ0n) is 33.1. The van der Waals surface area contributed by atoms with Crippen molar-refractivity contribution in [3.05, 3.63) is 65.0 Å². The van der Waals surface area contributed by atoms with Gasteiger partial charge >= 0.3 is 303 Å². The van der Waals surface area contributed by atoms with E-state index in [4.69, 9.17) is 14.2 Å². The van der Waals surface area contributed by atoms with Gasteiger partial charge in [-0.05, 0) is 0 Å². The Kier molecular flexibility index (Phi) is 11.6. The minimum absolute atomic E-state index is 0.000314. The summed E-state index contributed by atoms with van der Waals surface area (Å²) in [7, 11) is -3.84. The summed E-state index contributed by atoms with van der Waals surface area (Å²) in [5.41, 5.74) is 2.02. The summed E-state index contributed by atoms with van der Waals surface area (Å²) in [6.45, 7) is 12.1. The zero-order chi connectivity index (χ0) is 40.9. The van der Waals surface area contributed by atoms with E-state index in [1.54, 1.807) is 12.1 Å². The third-order valence-electron chi connectivity index (χ3n) is 11.3. The molecule has 4 heterocycles. The van der Waals surface area contributed by atoms with E-state index in [2.05, 4.69) is 20.5 Å².